The monoisotopic (exact) mass is 773 g/mol. The van der Waals surface area contributed by atoms with E-state index in [0.29, 0.717) is 0 Å². The highest BCUT2D eigenvalue weighted by Crippen LogP contribution is 2.51. The first kappa shape index (κ1) is 35.0. The van der Waals surface area contributed by atoms with Gasteiger partial charge in [0.1, 0.15) is 0 Å². The zero-order chi connectivity index (χ0) is 40.3. The fourth-order valence-electron chi connectivity index (χ4n) is 9.67. The maximum Gasteiger partial charge on any atom is 0.0625 e. The molecule has 12 aromatic carbocycles. The van der Waals surface area contributed by atoms with E-state index in [4.69, 9.17) is 0 Å². The molecule has 0 bridgehead atoms. The first-order valence-corrected chi connectivity index (χ1v) is 21.1. The highest BCUT2D eigenvalue weighted by atomic mass is 15.1. The molecule has 0 aliphatic heterocycles. The number of fused-ring (bicyclic) bond motifs is 8. The van der Waals surface area contributed by atoms with E-state index in [0.717, 1.165) is 17.1 Å². The average Bonchev–Trinajstić information content (AvgIpc) is 3.34. The van der Waals surface area contributed by atoms with E-state index in [2.05, 4.69) is 241 Å². The number of hydrogen-bond donors (Lipinski definition) is 0. The van der Waals surface area contributed by atoms with E-state index in [1.54, 1.807) is 0 Å². The second-order valence-electron chi connectivity index (χ2n) is 16.1. The van der Waals surface area contributed by atoms with Crippen molar-refractivity contribution in [2.45, 2.75) is 0 Å². The van der Waals surface area contributed by atoms with Gasteiger partial charge in [0, 0.05) is 22.3 Å². The lowest BCUT2D eigenvalue weighted by Crippen LogP contribution is -2.12. The van der Waals surface area contributed by atoms with Crippen molar-refractivity contribution in [2.24, 2.45) is 0 Å². The lowest BCUT2D eigenvalue weighted by atomic mass is 9.88. The molecular formula is C60H39N. The molecule has 0 aliphatic carbocycles. The van der Waals surface area contributed by atoms with Gasteiger partial charge in [-0.15, -0.1) is 0 Å². The van der Waals surface area contributed by atoms with Crippen molar-refractivity contribution in [3.63, 3.8) is 0 Å². The molecular weight excluding hydrogens is 735 g/mol. The van der Waals surface area contributed by atoms with Gasteiger partial charge >= 0.3 is 0 Å². The predicted octanol–water partition coefficient (Wildman–Crippen LogP) is 17.1. The van der Waals surface area contributed by atoms with Crippen molar-refractivity contribution in [3.05, 3.63) is 237 Å². The maximum absolute atomic E-state index is 2.51. The summed E-state index contributed by atoms with van der Waals surface area (Å²) < 4.78 is 0. The summed E-state index contributed by atoms with van der Waals surface area (Å²) in [7, 11) is 0. The minimum atomic E-state index is 1.09. The zero-order valence-electron chi connectivity index (χ0n) is 33.5. The van der Waals surface area contributed by atoms with Gasteiger partial charge in [-0.2, -0.15) is 0 Å². The first-order valence-electron chi connectivity index (χ1n) is 21.1. The molecule has 0 atom stereocenters. The van der Waals surface area contributed by atoms with Crippen LogP contribution >= 0.6 is 0 Å². The van der Waals surface area contributed by atoms with Gasteiger partial charge < -0.3 is 4.90 Å². The Balaban J connectivity index is 1.11. The third-order valence-corrected chi connectivity index (χ3v) is 12.6. The van der Waals surface area contributed by atoms with E-state index in [1.807, 2.05) is 0 Å². The van der Waals surface area contributed by atoms with Gasteiger partial charge in [-0.3, -0.25) is 0 Å². The van der Waals surface area contributed by atoms with Crippen LogP contribution in [-0.2, 0) is 0 Å². The molecule has 0 N–H and O–H groups in total. The molecule has 0 aliphatic rings. The quantitative estimate of drug-likeness (QED) is 0.152. The largest absolute Gasteiger partial charge is 0.309 e. The topological polar surface area (TPSA) is 3.24 Å². The summed E-state index contributed by atoms with van der Waals surface area (Å²) in [6.07, 6.45) is 0. The summed E-state index contributed by atoms with van der Waals surface area (Å²) in [6.45, 7) is 0. The standard InChI is InChI=1S/C60H39N/c1-2-16-44-37-47(29-27-40(44)13-1)45-18-11-19-50(39-45)61(49-34-31-41(32-35-49)46-33-36-53-48(38-46)30-28-43-15-4-5-20-51(43)53)60-58-25-10-8-23-55(58)54-22-7-9-24-57(54)59(60)56-26-12-17-42-14-3-6-21-52(42)56/h1-39H. The molecule has 0 spiro atoms. The molecule has 0 amide bonds. The molecule has 1 nitrogen and oxygen atoms in total. The van der Waals surface area contributed by atoms with Crippen molar-refractivity contribution in [2.75, 3.05) is 4.90 Å². The van der Waals surface area contributed by atoms with Crippen molar-refractivity contribution in [1.82, 2.24) is 0 Å². The summed E-state index contributed by atoms with van der Waals surface area (Å²) >= 11 is 0. The van der Waals surface area contributed by atoms with Crippen LogP contribution in [0.5, 0.6) is 0 Å². The summed E-state index contributed by atoms with van der Waals surface area (Å²) in [5.41, 5.74) is 10.5. The van der Waals surface area contributed by atoms with Gasteiger partial charge in [0.2, 0.25) is 0 Å². The Hall–Kier alpha value is -8.00. The van der Waals surface area contributed by atoms with Crippen molar-refractivity contribution < 1.29 is 0 Å². The van der Waals surface area contributed by atoms with Gasteiger partial charge in [-0.05, 0) is 123 Å². The Morgan fingerprint density at radius 2 is 0.721 bits per heavy atom. The lowest BCUT2D eigenvalue weighted by molar-refractivity contribution is 1.30. The van der Waals surface area contributed by atoms with Crippen LogP contribution in [-0.4, -0.2) is 0 Å². The second kappa shape index (κ2) is 14.4. The number of nitrogens with zero attached hydrogens (tertiary/aromatic N) is 1. The van der Waals surface area contributed by atoms with Crippen LogP contribution in [0.25, 0.3) is 98.0 Å². The van der Waals surface area contributed by atoms with E-state index in [-0.39, 0.29) is 0 Å². The van der Waals surface area contributed by atoms with E-state index >= 15 is 0 Å². The molecule has 12 rings (SSSR count). The van der Waals surface area contributed by atoms with Crippen LogP contribution in [0.15, 0.2) is 237 Å². The van der Waals surface area contributed by atoms with Crippen molar-refractivity contribution in [3.8, 4) is 33.4 Å². The molecule has 12 aromatic rings. The van der Waals surface area contributed by atoms with Gasteiger partial charge in [0.05, 0.1) is 5.69 Å². The van der Waals surface area contributed by atoms with Crippen molar-refractivity contribution >= 4 is 81.7 Å². The fourth-order valence-corrected chi connectivity index (χ4v) is 9.67. The molecule has 0 heterocycles. The Morgan fingerprint density at radius 1 is 0.230 bits per heavy atom. The van der Waals surface area contributed by atoms with Gasteiger partial charge in [-0.1, -0.05) is 200 Å². The number of anilines is 3. The number of benzene rings is 12. The Morgan fingerprint density at radius 3 is 1.52 bits per heavy atom. The summed E-state index contributed by atoms with van der Waals surface area (Å²) in [4.78, 5) is 2.51. The van der Waals surface area contributed by atoms with E-state index < -0.39 is 0 Å². The van der Waals surface area contributed by atoms with Crippen LogP contribution < -0.4 is 4.90 Å². The SMILES string of the molecule is c1cc(-c2ccc3ccccc3c2)cc(N(c2ccc(-c3ccc4c(ccc5ccccc54)c3)cc2)c2c(-c3cccc4ccccc34)c3ccccc3c3ccccc23)c1. The maximum atomic E-state index is 2.51. The third-order valence-electron chi connectivity index (χ3n) is 12.6. The summed E-state index contributed by atoms with van der Waals surface area (Å²) in [5, 5.41) is 14.9. The Labute approximate surface area is 355 Å². The fraction of sp³-hybridized carbons (Fsp3) is 0. The normalized spacial score (nSPS) is 11.6. The Kier molecular flexibility index (Phi) is 8.25. The molecule has 61 heavy (non-hydrogen) atoms. The minimum Gasteiger partial charge on any atom is -0.309 e. The summed E-state index contributed by atoms with van der Waals surface area (Å²) in [6, 6.07) is 87.1. The highest BCUT2D eigenvalue weighted by Gasteiger charge is 2.25. The lowest BCUT2D eigenvalue weighted by Gasteiger charge is -2.31. The minimum absolute atomic E-state index is 1.09. The highest BCUT2D eigenvalue weighted by molar-refractivity contribution is 6.24. The molecule has 1 heteroatoms. The third kappa shape index (κ3) is 5.93. The summed E-state index contributed by atoms with van der Waals surface area (Å²) in [5.74, 6) is 0. The molecule has 0 saturated carbocycles. The number of rotatable bonds is 6. The first-order chi connectivity index (χ1) is 30.2. The molecule has 0 saturated heterocycles. The number of hydrogen-bond acceptors (Lipinski definition) is 1. The average molecular weight is 774 g/mol. The van der Waals surface area contributed by atoms with Crippen LogP contribution in [0, 0.1) is 0 Å². The van der Waals surface area contributed by atoms with Crippen LogP contribution in [0.2, 0.25) is 0 Å². The smallest absolute Gasteiger partial charge is 0.0625 e. The molecule has 0 fully saturated rings. The van der Waals surface area contributed by atoms with Gasteiger partial charge in [0.15, 0.2) is 0 Å². The van der Waals surface area contributed by atoms with Gasteiger partial charge in [-0.25, -0.2) is 0 Å². The molecule has 0 aromatic heterocycles. The predicted molar refractivity (Wildman–Crippen MR) is 262 cm³/mol. The molecule has 0 unspecified atom stereocenters. The van der Waals surface area contributed by atoms with Crippen LogP contribution in [0.1, 0.15) is 0 Å². The van der Waals surface area contributed by atoms with Crippen molar-refractivity contribution in [1.29, 1.82) is 0 Å². The van der Waals surface area contributed by atoms with Gasteiger partial charge in [0.25, 0.3) is 0 Å². The molecule has 284 valence electrons. The molecule has 0 radical (unpaired) electrons. The van der Waals surface area contributed by atoms with Crippen LogP contribution in [0.3, 0.4) is 0 Å². The zero-order valence-corrected chi connectivity index (χ0v) is 33.5. The second-order valence-corrected chi connectivity index (χ2v) is 16.1. The Bertz CT molecular complexity index is 3650. The van der Waals surface area contributed by atoms with E-state index in [9.17, 15) is 0 Å². The van der Waals surface area contributed by atoms with Crippen LogP contribution in [0.4, 0.5) is 17.1 Å². The van der Waals surface area contributed by atoms with E-state index in [1.165, 1.54) is 98.0 Å².